The molecule has 1 N–H and O–H groups in total. The van der Waals surface area contributed by atoms with Crippen LogP contribution >= 0.6 is 0 Å². The van der Waals surface area contributed by atoms with Gasteiger partial charge in [0.15, 0.2) is 0 Å². The van der Waals surface area contributed by atoms with Crippen molar-refractivity contribution in [1.82, 2.24) is 4.90 Å². The molecule has 0 bridgehead atoms. The van der Waals surface area contributed by atoms with Crippen LogP contribution in [-0.4, -0.2) is 55.4 Å². The third-order valence-corrected chi connectivity index (χ3v) is 6.45. The highest BCUT2D eigenvalue weighted by atomic mass is 16.6. The lowest BCUT2D eigenvalue weighted by molar-refractivity contribution is -0.384. The maximum atomic E-state index is 10.9. The van der Waals surface area contributed by atoms with Crippen molar-refractivity contribution in [2.45, 2.75) is 26.7 Å². The van der Waals surface area contributed by atoms with E-state index in [1.165, 1.54) is 40.2 Å². The van der Waals surface area contributed by atoms with Gasteiger partial charge in [0.1, 0.15) is 0 Å². The van der Waals surface area contributed by atoms with Crippen molar-refractivity contribution in [1.29, 1.82) is 0 Å². The van der Waals surface area contributed by atoms with E-state index in [0.29, 0.717) is 5.69 Å². The number of rotatable bonds is 9. The molecule has 184 valence electrons. The molecule has 0 saturated carbocycles. The first kappa shape index (κ1) is 24.5. The molecule has 1 aliphatic heterocycles. The number of non-ortho nitro benzene ring substituents is 1. The lowest BCUT2D eigenvalue weighted by atomic mass is 10.1. The normalized spacial score (nSPS) is 17.4. The molecule has 8 nitrogen and oxygen atoms in total. The van der Waals surface area contributed by atoms with Gasteiger partial charge < -0.3 is 14.5 Å². The number of hydrogen-bond donors (Lipinski definition) is 1. The molecule has 1 saturated heterocycles. The maximum absolute atomic E-state index is 10.9. The van der Waals surface area contributed by atoms with Gasteiger partial charge in [0.25, 0.3) is 5.69 Å². The Labute approximate surface area is 206 Å². The van der Waals surface area contributed by atoms with Gasteiger partial charge in [-0.2, -0.15) is 5.10 Å². The fraction of sp³-hybridized carbons (Fsp3) is 0.370. The summed E-state index contributed by atoms with van der Waals surface area (Å²) in [5, 5.41) is 15.3. The molecule has 1 heterocycles. The Hall–Kier alpha value is -3.65. The van der Waals surface area contributed by atoms with Crippen LogP contribution in [0, 0.1) is 10.1 Å². The molecule has 2 aliphatic rings. The first-order valence-corrected chi connectivity index (χ1v) is 12.2. The number of ether oxygens (including phenoxy) is 1. The van der Waals surface area contributed by atoms with Crippen LogP contribution < -0.4 is 10.3 Å². The van der Waals surface area contributed by atoms with Crippen molar-refractivity contribution in [3.05, 3.63) is 81.1 Å². The molecule has 1 fully saturated rings. The Morgan fingerprint density at radius 2 is 1.74 bits per heavy atom. The molecule has 0 amide bonds. The van der Waals surface area contributed by atoms with E-state index in [-0.39, 0.29) is 5.69 Å². The third-order valence-electron chi connectivity index (χ3n) is 6.45. The molecule has 0 spiro atoms. The first-order valence-electron chi connectivity index (χ1n) is 12.2. The SMILES string of the molecule is CCN(CC)c1ccc(/C=C2\CCC(/C=N/Nc3ccc([N+](=O)[O-])cc3)=C2N2CCOCC2)cc1. The summed E-state index contributed by atoms with van der Waals surface area (Å²) in [4.78, 5) is 15.2. The minimum atomic E-state index is -0.407. The summed E-state index contributed by atoms with van der Waals surface area (Å²) in [7, 11) is 0. The number of morpholine rings is 1. The summed E-state index contributed by atoms with van der Waals surface area (Å²) >= 11 is 0. The molecule has 2 aromatic rings. The van der Waals surface area contributed by atoms with E-state index in [1.807, 2.05) is 6.21 Å². The third kappa shape index (κ3) is 6.08. The molecule has 0 radical (unpaired) electrons. The molecule has 8 heteroatoms. The Morgan fingerprint density at radius 1 is 1.06 bits per heavy atom. The van der Waals surface area contributed by atoms with Gasteiger partial charge in [0.2, 0.25) is 0 Å². The van der Waals surface area contributed by atoms with E-state index in [1.54, 1.807) is 12.1 Å². The van der Waals surface area contributed by atoms with E-state index in [2.05, 4.69) is 64.5 Å². The maximum Gasteiger partial charge on any atom is 0.269 e. The molecule has 0 atom stereocenters. The van der Waals surface area contributed by atoms with Gasteiger partial charge in [-0.05, 0) is 73.7 Å². The average Bonchev–Trinajstić information content (AvgIpc) is 3.28. The number of nitro groups is 1. The summed E-state index contributed by atoms with van der Waals surface area (Å²) in [5.74, 6) is 0. The van der Waals surface area contributed by atoms with Gasteiger partial charge in [0.05, 0.1) is 30.0 Å². The van der Waals surface area contributed by atoms with Crippen molar-refractivity contribution in [2.75, 3.05) is 49.7 Å². The number of nitrogens with one attached hydrogen (secondary N) is 1. The second-order valence-corrected chi connectivity index (χ2v) is 8.58. The summed E-state index contributed by atoms with van der Waals surface area (Å²) in [6.45, 7) is 9.52. The fourth-order valence-electron chi connectivity index (χ4n) is 4.59. The molecule has 2 aromatic carbocycles. The summed E-state index contributed by atoms with van der Waals surface area (Å²) < 4.78 is 5.59. The second kappa shape index (κ2) is 11.7. The second-order valence-electron chi connectivity index (χ2n) is 8.58. The van der Waals surface area contributed by atoms with E-state index >= 15 is 0 Å². The van der Waals surface area contributed by atoms with Crippen molar-refractivity contribution >= 4 is 29.4 Å². The Morgan fingerprint density at radius 3 is 2.37 bits per heavy atom. The van der Waals surface area contributed by atoms with Gasteiger partial charge in [-0.3, -0.25) is 15.5 Å². The number of nitrogens with zero attached hydrogens (tertiary/aromatic N) is 4. The highest BCUT2D eigenvalue weighted by Crippen LogP contribution is 2.35. The van der Waals surface area contributed by atoms with Crippen LogP contribution in [0.1, 0.15) is 32.3 Å². The van der Waals surface area contributed by atoms with Crippen LogP contribution in [0.3, 0.4) is 0 Å². The molecule has 1 aliphatic carbocycles. The molecule has 35 heavy (non-hydrogen) atoms. The molecule has 0 aromatic heterocycles. The zero-order valence-corrected chi connectivity index (χ0v) is 20.4. The van der Waals surface area contributed by atoms with Crippen molar-refractivity contribution in [3.8, 4) is 0 Å². The quantitative estimate of drug-likeness (QED) is 0.301. The number of nitro benzene ring substituents is 1. The summed E-state index contributed by atoms with van der Waals surface area (Å²) in [6.07, 6.45) is 6.06. The Balaban J connectivity index is 1.55. The largest absolute Gasteiger partial charge is 0.378 e. The zero-order valence-electron chi connectivity index (χ0n) is 20.4. The predicted molar refractivity (Wildman–Crippen MR) is 142 cm³/mol. The van der Waals surface area contributed by atoms with E-state index in [4.69, 9.17) is 4.74 Å². The lowest BCUT2D eigenvalue weighted by Gasteiger charge is -2.31. The van der Waals surface area contributed by atoms with Crippen LogP contribution in [0.4, 0.5) is 17.1 Å². The fourth-order valence-corrected chi connectivity index (χ4v) is 4.59. The summed E-state index contributed by atoms with van der Waals surface area (Å²) in [6, 6.07) is 15.0. The molecule has 4 rings (SSSR count). The van der Waals surface area contributed by atoms with Crippen LogP contribution in [-0.2, 0) is 4.74 Å². The number of hydrogen-bond acceptors (Lipinski definition) is 7. The molecular weight excluding hydrogens is 442 g/mol. The van der Waals surface area contributed by atoms with E-state index < -0.39 is 4.92 Å². The van der Waals surface area contributed by atoms with Gasteiger partial charge in [-0.1, -0.05) is 12.1 Å². The average molecular weight is 476 g/mol. The van der Waals surface area contributed by atoms with E-state index in [0.717, 1.165) is 52.2 Å². The number of hydrazone groups is 1. The number of benzene rings is 2. The first-order chi connectivity index (χ1) is 17.1. The lowest BCUT2D eigenvalue weighted by Crippen LogP contribution is -2.36. The van der Waals surface area contributed by atoms with Gasteiger partial charge in [-0.15, -0.1) is 0 Å². The van der Waals surface area contributed by atoms with Crippen molar-refractivity contribution in [3.63, 3.8) is 0 Å². The highest BCUT2D eigenvalue weighted by Gasteiger charge is 2.25. The van der Waals surface area contributed by atoms with Crippen molar-refractivity contribution in [2.24, 2.45) is 5.10 Å². The van der Waals surface area contributed by atoms with Crippen molar-refractivity contribution < 1.29 is 9.66 Å². The minimum absolute atomic E-state index is 0.0625. The van der Waals surface area contributed by atoms with Gasteiger partial charge in [-0.25, -0.2) is 0 Å². The molecule has 0 unspecified atom stereocenters. The van der Waals surface area contributed by atoms with Gasteiger partial charge >= 0.3 is 0 Å². The number of allylic oxidation sites excluding steroid dienone is 2. The molecular formula is C27H33N5O3. The smallest absolute Gasteiger partial charge is 0.269 e. The highest BCUT2D eigenvalue weighted by molar-refractivity contribution is 5.84. The predicted octanol–water partition coefficient (Wildman–Crippen LogP) is 5.30. The monoisotopic (exact) mass is 475 g/mol. The Kier molecular flexibility index (Phi) is 8.15. The van der Waals surface area contributed by atoms with Crippen LogP contribution in [0.15, 0.2) is 70.5 Å². The van der Waals surface area contributed by atoms with Crippen LogP contribution in [0.5, 0.6) is 0 Å². The van der Waals surface area contributed by atoms with Crippen LogP contribution in [0.2, 0.25) is 0 Å². The minimum Gasteiger partial charge on any atom is -0.378 e. The number of anilines is 2. The standard InChI is InChI=1S/C27H33N5O3/c1-3-30(4-2)25-11-5-21(6-12-25)19-22-7-8-23(27(22)31-15-17-35-18-16-31)20-28-29-24-9-13-26(14-10-24)32(33)34/h5-6,9-14,19-20,29H,3-4,7-8,15-18H2,1-2H3/b22-19+,28-20+. The van der Waals surface area contributed by atoms with E-state index in [9.17, 15) is 10.1 Å². The van der Waals surface area contributed by atoms with Gasteiger partial charge in [0, 0.05) is 49.7 Å². The zero-order chi connectivity index (χ0) is 24.6. The topological polar surface area (TPSA) is 83.2 Å². The van der Waals surface area contributed by atoms with Crippen LogP contribution in [0.25, 0.3) is 6.08 Å². The Bertz CT molecular complexity index is 1100. The summed E-state index contributed by atoms with van der Waals surface area (Å²) in [5.41, 5.74) is 9.97.